The predicted octanol–water partition coefficient (Wildman–Crippen LogP) is 3.36. The average Bonchev–Trinajstić information content (AvgIpc) is 2.89. The molecule has 3 aromatic rings. The van der Waals surface area contributed by atoms with Gasteiger partial charge in [0.05, 0.1) is 11.3 Å². The summed E-state index contributed by atoms with van der Waals surface area (Å²) in [5.74, 6) is -0.847. The molecule has 35 heavy (non-hydrogen) atoms. The fourth-order valence-electron chi connectivity index (χ4n) is 4.02. The first-order valence-electron chi connectivity index (χ1n) is 11.5. The fraction of sp³-hybridized carbons (Fsp3) is 0.269. The molecule has 0 spiro atoms. The number of benzene rings is 2. The highest BCUT2D eigenvalue weighted by atomic mass is 32.2. The highest BCUT2D eigenvalue weighted by Crippen LogP contribution is 2.25. The number of carbonyl (C=O) groups is 2. The second kappa shape index (κ2) is 10.8. The monoisotopic (exact) mass is 492 g/mol. The maximum atomic E-state index is 13.0. The van der Waals surface area contributed by atoms with E-state index in [-0.39, 0.29) is 35.7 Å². The number of anilines is 1. The Morgan fingerprint density at radius 2 is 1.71 bits per heavy atom. The van der Waals surface area contributed by atoms with Crippen molar-refractivity contribution < 1.29 is 18.0 Å². The highest BCUT2D eigenvalue weighted by Gasteiger charge is 2.32. The van der Waals surface area contributed by atoms with Gasteiger partial charge in [-0.1, -0.05) is 42.0 Å². The summed E-state index contributed by atoms with van der Waals surface area (Å²) in [6.45, 7) is 2.87. The van der Waals surface area contributed by atoms with Gasteiger partial charge < -0.3 is 10.6 Å². The maximum absolute atomic E-state index is 13.0. The Morgan fingerprint density at radius 3 is 2.40 bits per heavy atom. The average molecular weight is 493 g/mol. The number of rotatable bonds is 7. The van der Waals surface area contributed by atoms with Crippen molar-refractivity contribution in [1.82, 2.24) is 14.6 Å². The molecule has 1 fully saturated rings. The van der Waals surface area contributed by atoms with Crippen molar-refractivity contribution in [2.24, 2.45) is 5.92 Å². The normalized spacial score (nSPS) is 14.9. The summed E-state index contributed by atoms with van der Waals surface area (Å²) in [5.41, 5.74) is 2.95. The lowest BCUT2D eigenvalue weighted by atomic mass is 9.97. The Labute approximate surface area is 205 Å². The van der Waals surface area contributed by atoms with E-state index in [4.69, 9.17) is 0 Å². The van der Waals surface area contributed by atoms with E-state index in [2.05, 4.69) is 15.6 Å². The first-order chi connectivity index (χ1) is 16.8. The summed E-state index contributed by atoms with van der Waals surface area (Å²) in [4.78, 5) is 29.8. The number of aromatic nitrogens is 1. The molecule has 1 aliphatic heterocycles. The molecule has 2 amide bonds. The van der Waals surface area contributed by atoms with Crippen LogP contribution in [-0.2, 0) is 21.4 Å². The number of pyridine rings is 1. The highest BCUT2D eigenvalue weighted by molar-refractivity contribution is 7.89. The van der Waals surface area contributed by atoms with Gasteiger partial charge in [-0.2, -0.15) is 4.31 Å². The molecular weight excluding hydrogens is 464 g/mol. The van der Waals surface area contributed by atoms with Crippen molar-refractivity contribution in [1.29, 1.82) is 0 Å². The third-order valence-corrected chi connectivity index (χ3v) is 7.98. The van der Waals surface area contributed by atoms with Crippen LogP contribution in [0.2, 0.25) is 0 Å². The van der Waals surface area contributed by atoms with E-state index in [0.29, 0.717) is 30.6 Å². The number of aryl methyl sites for hydroxylation is 1. The predicted molar refractivity (Wildman–Crippen MR) is 133 cm³/mol. The molecule has 182 valence electrons. The second-order valence-corrected chi connectivity index (χ2v) is 10.5. The lowest BCUT2D eigenvalue weighted by molar-refractivity contribution is -0.120. The van der Waals surface area contributed by atoms with E-state index in [1.807, 2.05) is 31.2 Å². The van der Waals surface area contributed by atoms with Gasteiger partial charge >= 0.3 is 0 Å². The summed E-state index contributed by atoms with van der Waals surface area (Å²) in [5, 5.41) is 5.77. The Bertz CT molecular complexity index is 1290. The molecule has 0 radical (unpaired) electrons. The first kappa shape index (κ1) is 24.6. The van der Waals surface area contributed by atoms with Gasteiger partial charge in [-0.25, -0.2) is 8.42 Å². The molecule has 2 N–H and O–H groups in total. The van der Waals surface area contributed by atoms with Crippen molar-refractivity contribution in [3.05, 3.63) is 89.7 Å². The van der Waals surface area contributed by atoms with Gasteiger partial charge in [0.1, 0.15) is 4.90 Å². The summed E-state index contributed by atoms with van der Waals surface area (Å²) in [7, 11) is -3.63. The number of hydrogen-bond donors (Lipinski definition) is 2. The molecule has 1 aliphatic rings. The molecule has 1 aromatic heterocycles. The SMILES string of the molecule is Cc1ccc(CNC(=O)c2ccccc2NC(=O)C2CCN(S(=O)(=O)c3cccnc3)CC2)cc1. The van der Waals surface area contributed by atoms with E-state index in [0.717, 1.165) is 11.1 Å². The van der Waals surface area contributed by atoms with Gasteiger partial charge in [0.25, 0.3) is 5.91 Å². The lowest BCUT2D eigenvalue weighted by Crippen LogP contribution is -2.41. The zero-order chi connectivity index (χ0) is 24.8. The van der Waals surface area contributed by atoms with Crippen LogP contribution in [0.25, 0.3) is 0 Å². The Kier molecular flexibility index (Phi) is 7.57. The minimum atomic E-state index is -3.63. The van der Waals surface area contributed by atoms with Crippen LogP contribution >= 0.6 is 0 Å². The van der Waals surface area contributed by atoms with E-state index in [1.54, 1.807) is 30.3 Å². The van der Waals surface area contributed by atoms with Gasteiger partial charge in [-0.05, 0) is 49.6 Å². The van der Waals surface area contributed by atoms with Crippen LogP contribution in [0, 0.1) is 12.8 Å². The number of piperidine rings is 1. The zero-order valence-corrected chi connectivity index (χ0v) is 20.3. The van der Waals surface area contributed by atoms with Crippen LogP contribution in [0.3, 0.4) is 0 Å². The van der Waals surface area contributed by atoms with Crippen LogP contribution in [0.15, 0.2) is 78.0 Å². The molecule has 4 rings (SSSR count). The van der Waals surface area contributed by atoms with Crippen LogP contribution in [-0.4, -0.2) is 42.6 Å². The summed E-state index contributed by atoms with van der Waals surface area (Å²) < 4.78 is 27.0. The van der Waals surface area contributed by atoms with E-state index >= 15 is 0 Å². The smallest absolute Gasteiger partial charge is 0.253 e. The second-order valence-electron chi connectivity index (χ2n) is 8.57. The molecule has 0 bridgehead atoms. The van der Waals surface area contributed by atoms with Gasteiger partial charge in [0, 0.05) is 37.9 Å². The van der Waals surface area contributed by atoms with Crippen molar-refractivity contribution >= 4 is 27.5 Å². The van der Waals surface area contributed by atoms with Crippen LogP contribution in [0.4, 0.5) is 5.69 Å². The fourth-order valence-corrected chi connectivity index (χ4v) is 5.45. The lowest BCUT2D eigenvalue weighted by Gasteiger charge is -2.30. The summed E-state index contributed by atoms with van der Waals surface area (Å²) in [6.07, 6.45) is 3.64. The largest absolute Gasteiger partial charge is 0.348 e. The number of carbonyl (C=O) groups excluding carboxylic acids is 2. The quantitative estimate of drug-likeness (QED) is 0.526. The van der Waals surface area contributed by atoms with E-state index in [1.165, 1.54) is 22.8 Å². The Morgan fingerprint density at radius 1 is 1.00 bits per heavy atom. The first-order valence-corrected chi connectivity index (χ1v) is 12.9. The molecule has 9 heteroatoms. The summed E-state index contributed by atoms with van der Waals surface area (Å²) in [6, 6.07) is 17.9. The minimum absolute atomic E-state index is 0.147. The molecule has 0 unspecified atom stereocenters. The third-order valence-electron chi connectivity index (χ3n) is 6.10. The van der Waals surface area contributed by atoms with Gasteiger partial charge in [0.15, 0.2) is 0 Å². The molecule has 1 saturated heterocycles. The molecule has 2 heterocycles. The van der Waals surface area contributed by atoms with Crippen molar-refractivity contribution in [3.63, 3.8) is 0 Å². The molecule has 0 aliphatic carbocycles. The number of amides is 2. The number of sulfonamides is 1. The molecule has 0 atom stereocenters. The summed E-state index contributed by atoms with van der Waals surface area (Å²) >= 11 is 0. The number of hydrogen-bond acceptors (Lipinski definition) is 5. The zero-order valence-electron chi connectivity index (χ0n) is 19.5. The van der Waals surface area contributed by atoms with Crippen molar-refractivity contribution in [3.8, 4) is 0 Å². The topological polar surface area (TPSA) is 108 Å². The third kappa shape index (κ3) is 5.93. The van der Waals surface area contributed by atoms with Crippen LogP contribution < -0.4 is 10.6 Å². The van der Waals surface area contributed by atoms with Gasteiger partial charge in [-0.3, -0.25) is 14.6 Å². The maximum Gasteiger partial charge on any atom is 0.253 e. The Hall–Kier alpha value is -3.56. The molecule has 2 aromatic carbocycles. The number of nitrogens with one attached hydrogen (secondary N) is 2. The van der Waals surface area contributed by atoms with Gasteiger partial charge in [-0.15, -0.1) is 0 Å². The van der Waals surface area contributed by atoms with Crippen LogP contribution in [0.1, 0.15) is 34.3 Å². The van der Waals surface area contributed by atoms with Crippen LogP contribution in [0.5, 0.6) is 0 Å². The molecule has 0 saturated carbocycles. The van der Waals surface area contributed by atoms with E-state index < -0.39 is 10.0 Å². The number of nitrogens with zero attached hydrogens (tertiary/aromatic N) is 2. The minimum Gasteiger partial charge on any atom is -0.348 e. The molecule has 8 nitrogen and oxygen atoms in total. The standard InChI is InChI=1S/C26H28N4O4S/c1-19-8-10-20(11-9-19)17-28-26(32)23-6-2-3-7-24(23)29-25(31)21-12-15-30(16-13-21)35(33,34)22-5-4-14-27-18-22/h2-11,14,18,21H,12-13,15-17H2,1H3,(H,28,32)(H,29,31). The Balaban J connectivity index is 1.36. The number of para-hydroxylation sites is 1. The molecular formula is C26H28N4O4S. The van der Waals surface area contributed by atoms with Crippen molar-refractivity contribution in [2.75, 3.05) is 18.4 Å². The van der Waals surface area contributed by atoms with Gasteiger partial charge in [0.2, 0.25) is 15.9 Å². The van der Waals surface area contributed by atoms with E-state index in [9.17, 15) is 18.0 Å². The van der Waals surface area contributed by atoms with Crippen molar-refractivity contribution in [2.45, 2.75) is 31.2 Å².